The lowest BCUT2D eigenvalue weighted by Gasteiger charge is -2.34. The van der Waals surface area contributed by atoms with Gasteiger partial charge in [-0.2, -0.15) is 17.5 Å². The van der Waals surface area contributed by atoms with Crippen LogP contribution in [-0.4, -0.2) is 53.5 Å². The van der Waals surface area contributed by atoms with Crippen LogP contribution in [0.1, 0.15) is 36.9 Å². The Hall–Kier alpha value is -2.18. The molecule has 1 atom stereocenters. The van der Waals surface area contributed by atoms with Gasteiger partial charge >= 0.3 is 15.5 Å². The van der Waals surface area contributed by atoms with E-state index >= 15 is 0 Å². The third kappa shape index (κ3) is 4.62. The molecule has 7 nitrogen and oxygen atoms in total. The summed E-state index contributed by atoms with van der Waals surface area (Å²) in [4.78, 5) is 8.60. The molecule has 2 heterocycles. The van der Waals surface area contributed by atoms with Crippen molar-refractivity contribution in [3.8, 4) is 0 Å². The minimum absolute atomic E-state index is 0.0125. The largest absolute Gasteiger partial charge is 0.511 e. The van der Waals surface area contributed by atoms with Gasteiger partial charge in [-0.05, 0) is 25.0 Å². The molecule has 1 aromatic carbocycles. The van der Waals surface area contributed by atoms with Crippen LogP contribution in [0.5, 0.6) is 0 Å². The molecule has 1 N–H and O–H groups in total. The van der Waals surface area contributed by atoms with Crippen LogP contribution in [0.3, 0.4) is 0 Å². The number of nitrogens with zero attached hydrogens (tertiary/aromatic N) is 3. The molecule has 0 bridgehead atoms. The van der Waals surface area contributed by atoms with Gasteiger partial charge in [-0.1, -0.05) is 18.9 Å². The van der Waals surface area contributed by atoms with E-state index in [1.165, 1.54) is 12.4 Å². The zero-order valence-electron chi connectivity index (χ0n) is 17.2. The fraction of sp³-hybridized carbons (Fsp3) is 0.550. The van der Waals surface area contributed by atoms with Crippen LogP contribution in [0.25, 0.3) is 0 Å². The van der Waals surface area contributed by atoms with E-state index < -0.39 is 40.5 Å². The van der Waals surface area contributed by atoms with Crippen molar-refractivity contribution in [1.29, 1.82) is 0 Å². The number of alkyl halides is 3. The lowest BCUT2D eigenvalue weighted by molar-refractivity contribution is -0.0496. The number of hydrogen-bond donors (Lipinski definition) is 1. The summed E-state index contributed by atoms with van der Waals surface area (Å²) in [7, 11) is -5.67. The van der Waals surface area contributed by atoms with Gasteiger partial charge in [-0.3, -0.25) is 0 Å². The SMILES string of the molecule is O=S(=O)(N1Cc2c(F)cccc2N(Cc2cnc[nH]2)C(COC2CCCC2)C1)C(F)(F)F. The van der Waals surface area contributed by atoms with Crippen LogP contribution in [0.4, 0.5) is 23.2 Å². The van der Waals surface area contributed by atoms with Crippen LogP contribution in [-0.2, 0) is 27.8 Å². The molecule has 1 unspecified atom stereocenters. The van der Waals surface area contributed by atoms with Gasteiger partial charge in [0.1, 0.15) is 5.82 Å². The van der Waals surface area contributed by atoms with Gasteiger partial charge in [-0.25, -0.2) is 17.8 Å². The Labute approximate surface area is 183 Å². The Bertz CT molecular complexity index is 1020. The average Bonchev–Trinajstić information content (AvgIpc) is 3.40. The topological polar surface area (TPSA) is 78.5 Å². The molecule has 2 aromatic rings. The van der Waals surface area contributed by atoms with Gasteiger partial charge in [0.25, 0.3) is 0 Å². The minimum atomic E-state index is -5.67. The normalized spacial score (nSPS) is 21.0. The number of imidazole rings is 1. The second-order valence-corrected chi connectivity index (χ2v) is 10.0. The number of anilines is 1. The number of aromatic nitrogens is 2. The van der Waals surface area contributed by atoms with E-state index in [-0.39, 0.29) is 24.8 Å². The Morgan fingerprint density at radius 2 is 1.97 bits per heavy atom. The number of hydrogen-bond acceptors (Lipinski definition) is 5. The van der Waals surface area contributed by atoms with Crippen LogP contribution >= 0.6 is 0 Å². The molecule has 4 rings (SSSR count). The van der Waals surface area contributed by atoms with E-state index in [1.807, 2.05) is 0 Å². The summed E-state index contributed by atoms with van der Waals surface area (Å²) in [5.74, 6) is -0.767. The molecule has 0 saturated heterocycles. The molecule has 0 spiro atoms. The quantitative estimate of drug-likeness (QED) is 0.646. The van der Waals surface area contributed by atoms with Crippen molar-refractivity contribution in [3.63, 3.8) is 0 Å². The summed E-state index contributed by atoms with van der Waals surface area (Å²) in [6.45, 7) is -1.02. The molecule has 0 amide bonds. The molecule has 2 aliphatic rings. The number of aromatic amines is 1. The lowest BCUT2D eigenvalue weighted by atomic mass is 10.1. The first-order valence-electron chi connectivity index (χ1n) is 10.4. The molecule has 1 aromatic heterocycles. The summed E-state index contributed by atoms with van der Waals surface area (Å²) < 4.78 is 85.9. The van der Waals surface area contributed by atoms with E-state index in [2.05, 4.69) is 9.97 Å². The number of nitrogens with one attached hydrogen (secondary N) is 1. The molecule has 12 heteroatoms. The number of fused-ring (bicyclic) bond motifs is 1. The number of ether oxygens (including phenoxy) is 1. The fourth-order valence-corrected chi connectivity index (χ4v) is 5.25. The van der Waals surface area contributed by atoms with Crippen molar-refractivity contribution in [2.75, 3.05) is 18.1 Å². The number of rotatable bonds is 6. The van der Waals surface area contributed by atoms with Gasteiger partial charge in [0.2, 0.25) is 0 Å². The van der Waals surface area contributed by atoms with Crippen molar-refractivity contribution in [2.45, 2.75) is 56.4 Å². The number of halogens is 4. The van der Waals surface area contributed by atoms with Crippen molar-refractivity contribution < 1.29 is 30.7 Å². The number of benzene rings is 1. The van der Waals surface area contributed by atoms with Gasteiger partial charge < -0.3 is 14.6 Å². The zero-order chi connectivity index (χ0) is 22.9. The number of sulfonamides is 1. The van der Waals surface area contributed by atoms with Gasteiger partial charge in [-0.15, -0.1) is 0 Å². The Morgan fingerprint density at radius 3 is 2.62 bits per heavy atom. The molecule has 176 valence electrons. The highest BCUT2D eigenvalue weighted by Gasteiger charge is 2.51. The van der Waals surface area contributed by atoms with Crippen molar-refractivity contribution in [1.82, 2.24) is 14.3 Å². The van der Waals surface area contributed by atoms with Crippen LogP contribution in [0, 0.1) is 5.82 Å². The standard InChI is InChI=1S/C20H24F4N4O3S/c21-18-6-3-7-19-17(18)11-27(32(29,30)20(22,23)24)10-15(12-31-16-4-1-2-5-16)28(19)9-14-8-25-13-26-14/h3,6-8,13,15-16H,1-2,4-5,9-12H2,(H,25,26). The summed E-state index contributed by atoms with van der Waals surface area (Å²) in [5.41, 5.74) is -4.62. The molecule has 32 heavy (non-hydrogen) atoms. The molecule has 0 radical (unpaired) electrons. The third-order valence-electron chi connectivity index (χ3n) is 5.95. The van der Waals surface area contributed by atoms with Crippen LogP contribution in [0.2, 0.25) is 0 Å². The van der Waals surface area contributed by atoms with Crippen molar-refractivity contribution in [3.05, 3.63) is 47.8 Å². The molecular weight excluding hydrogens is 452 g/mol. The van der Waals surface area contributed by atoms with Crippen LogP contribution in [0.15, 0.2) is 30.7 Å². The minimum Gasteiger partial charge on any atom is -0.376 e. The third-order valence-corrected chi connectivity index (χ3v) is 7.49. The zero-order valence-corrected chi connectivity index (χ0v) is 18.0. The predicted octanol–water partition coefficient (Wildman–Crippen LogP) is 3.55. The molecule has 1 aliphatic carbocycles. The van der Waals surface area contributed by atoms with Crippen molar-refractivity contribution >= 4 is 15.7 Å². The fourth-order valence-electron chi connectivity index (χ4n) is 4.29. The van der Waals surface area contributed by atoms with Gasteiger partial charge in [0.15, 0.2) is 0 Å². The Balaban J connectivity index is 1.74. The predicted molar refractivity (Wildman–Crippen MR) is 109 cm³/mol. The first-order chi connectivity index (χ1) is 15.2. The van der Waals surface area contributed by atoms with E-state index in [9.17, 15) is 26.0 Å². The summed E-state index contributed by atoms with van der Waals surface area (Å²) >= 11 is 0. The maximum Gasteiger partial charge on any atom is 0.511 e. The maximum absolute atomic E-state index is 14.7. The Morgan fingerprint density at radius 1 is 1.22 bits per heavy atom. The van der Waals surface area contributed by atoms with Gasteiger partial charge in [0.05, 0.1) is 37.3 Å². The van der Waals surface area contributed by atoms with Crippen LogP contribution < -0.4 is 4.90 Å². The van der Waals surface area contributed by atoms with Crippen molar-refractivity contribution in [2.24, 2.45) is 0 Å². The molecule has 1 aliphatic heterocycles. The monoisotopic (exact) mass is 476 g/mol. The Kier molecular flexibility index (Phi) is 6.46. The second-order valence-electron chi connectivity index (χ2n) is 8.08. The molecular formula is C20H24F4N4O3S. The second kappa shape index (κ2) is 8.99. The van der Waals surface area contributed by atoms with E-state index in [4.69, 9.17) is 4.74 Å². The highest BCUT2D eigenvalue weighted by atomic mass is 32.2. The number of H-pyrrole nitrogens is 1. The van der Waals surface area contributed by atoms with E-state index in [0.717, 1.165) is 31.7 Å². The molecule has 1 fully saturated rings. The van der Waals surface area contributed by atoms with E-state index in [0.29, 0.717) is 15.7 Å². The summed E-state index contributed by atoms with van der Waals surface area (Å²) in [6.07, 6.45) is 6.72. The molecule has 1 saturated carbocycles. The van der Waals surface area contributed by atoms with Gasteiger partial charge in [0, 0.05) is 30.5 Å². The lowest BCUT2D eigenvalue weighted by Crippen LogP contribution is -2.49. The average molecular weight is 476 g/mol. The first kappa shape index (κ1) is 23.0. The summed E-state index contributed by atoms with van der Waals surface area (Å²) in [5, 5.41) is 0. The maximum atomic E-state index is 14.7. The van der Waals surface area contributed by atoms with E-state index in [1.54, 1.807) is 17.2 Å². The smallest absolute Gasteiger partial charge is 0.376 e. The highest BCUT2D eigenvalue weighted by Crippen LogP contribution is 2.36. The first-order valence-corrected chi connectivity index (χ1v) is 11.8. The summed E-state index contributed by atoms with van der Waals surface area (Å²) in [6, 6.07) is 3.39. The highest BCUT2D eigenvalue weighted by molar-refractivity contribution is 7.89.